The molecule has 0 aromatic heterocycles. The number of rotatable bonds is 3. The number of nitrogens with zero attached hydrogens (tertiary/aromatic N) is 2. The van der Waals surface area contributed by atoms with Gasteiger partial charge < -0.3 is 10.6 Å². The van der Waals surface area contributed by atoms with E-state index < -0.39 is 0 Å². The third-order valence-corrected chi connectivity index (χ3v) is 3.86. The first-order chi connectivity index (χ1) is 6.65. The summed E-state index contributed by atoms with van der Waals surface area (Å²) in [5.74, 6) is 0. The van der Waals surface area contributed by atoms with Crippen LogP contribution in [-0.4, -0.2) is 54.6 Å². The highest BCUT2D eigenvalue weighted by Gasteiger charge is 2.47. The van der Waals surface area contributed by atoms with Crippen LogP contribution in [0, 0.1) is 0 Å². The highest BCUT2D eigenvalue weighted by molar-refractivity contribution is 5.08. The van der Waals surface area contributed by atoms with E-state index in [4.69, 9.17) is 5.73 Å². The Kier molecular flexibility index (Phi) is 2.82. The number of hydrogen-bond donors (Lipinski definition) is 1. The summed E-state index contributed by atoms with van der Waals surface area (Å²) in [6.07, 6.45) is 3.68. The van der Waals surface area contributed by atoms with Crippen LogP contribution in [0.3, 0.4) is 0 Å². The van der Waals surface area contributed by atoms with Gasteiger partial charge >= 0.3 is 0 Å². The number of likely N-dealkylation sites (N-methyl/N-ethyl adjacent to an activating group) is 1. The molecule has 82 valence electrons. The smallest absolute Gasteiger partial charge is 0.0313 e. The molecule has 1 aliphatic carbocycles. The van der Waals surface area contributed by atoms with Gasteiger partial charge in [0, 0.05) is 37.8 Å². The van der Waals surface area contributed by atoms with Gasteiger partial charge in [-0.15, -0.1) is 0 Å². The molecular weight excluding hydrogens is 174 g/mol. The SMILES string of the molecule is CCC(N1CCN(C)CC1)C1(N)CC1. The molecule has 14 heavy (non-hydrogen) atoms. The molecule has 2 N–H and O–H groups in total. The van der Waals surface area contributed by atoms with E-state index in [0.29, 0.717) is 6.04 Å². The first-order valence-electron chi connectivity index (χ1n) is 5.87. The molecule has 1 heterocycles. The summed E-state index contributed by atoms with van der Waals surface area (Å²) in [6.45, 7) is 7.08. The second-order valence-electron chi connectivity index (χ2n) is 5.00. The van der Waals surface area contributed by atoms with Crippen LogP contribution in [0.1, 0.15) is 26.2 Å². The van der Waals surface area contributed by atoms with Gasteiger partial charge in [-0.2, -0.15) is 0 Å². The lowest BCUT2D eigenvalue weighted by Crippen LogP contribution is -2.55. The summed E-state index contributed by atoms with van der Waals surface area (Å²) in [7, 11) is 2.20. The molecule has 3 heteroatoms. The molecule has 1 saturated carbocycles. The number of nitrogens with two attached hydrogens (primary N) is 1. The molecule has 2 aliphatic rings. The van der Waals surface area contributed by atoms with Crippen molar-refractivity contribution >= 4 is 0 Å². The molecule has 0 bridgehead atoms. The maximum atomic E-state index is 6.31. The van der Waals surface area contributed by atoms with Gasteiger partial charge in [0.05, 0.1) is 0 Å². The van der Waals surface area contributed by atoms with Crippen molar-refractivity contribution in [1.82, 2.24) is 9.80 Å². The van der Waals surface area contributed by atoms with Crippen LogP contribution >= 0.6 is 0 Å². The van der Waals surface area contributed by atoms with Crippen molar-refractivity contribution in [2.75, 3.05) is 33.2 Å². The van der Waals surface area contributed by atoms with E-state index in [1.165, 1.54) is 45.4 Å². The van der Waals surface area contributed by atoms with Crippen LogP contribution in [0.2, 0.25) is 0 Å². The van der Waals surface area contributed by atoms with E-state index in [0.717, 1.165) is 0 Å². The van der Waals surface area contributed by atoms with Crippen LogP contribution in [0.25, 0.3) is 0 Å². The standard InChI is InChI=1S/C11H23N3/c1-3-10(11(12)4-5-11)14-8-6-13(2)7-9-14/h10H,3-9,12H2,1-2H3. The lowest BCUT2D eigenvalue weighted by Gasteiger charge is -2.40. The lowest BCUT2D eigenvalue weighted by molar-refractivity contribution is 0.0906. The average molecular weight is 197 g/mol. The summed E-state index contributed by atoms with van der Waals surface area (Å²) in [5, 5.41) is 0. The molecule has 0 aromatic rings. The van der Waals surface area contributed by atoms with Gasteiger partial charge in [0.1, 0.15) is 0 Å². The van der Waals surface area contributed by atoms with Crippen molar-refractivity contribution in [2.45, 2.75) is 37.8 Å². The van der Waals surface area contributed by atoms with E-state index in [-0.39, 0.29) is 5.54 Å². The lowest BCUT2D eigenvalue weighted by atomic mass is 10.0. The van der Waals surface area contributed by atoms with E-state index in [9.17, 15) is 0 Å². The Morgan fingerprint density at radius 3 is 2.21 bits per heavy atom. The zero-order valence-corrected chi connectivity index (χ0v) is 9.50. The second kappa shape index (κ2) is 3.80. The van der Waals surface area contributed by atoms with Gasteiger partial charge in [-0.05, 0) is 26.3 Å². The van der Waals surface area contributed by atoms with Crippen molar-refractivity contribution in [2.24, 2.45) is 5.73 Å². The van der Waals surface area contributed by atoms with Gasteiger partial charge in [-0.25, -0.2) is 0 Å². The predicted octanol–water partition coefficient (Wildman–Crippen LogP) is 0.504. The Hall–Kier alpha value is -0.120. The molecular formula is C11H23N3. The monoisotopic (exact) mass is 197 g/mol. The quantitative estimate of drug-likeness (QED) is 0.715. The van der Waals surface area contributed by atoms with Crippen LogP contribution in [0.5, 0.6) is 0 Å². The maximum absolute atomic E-state index is 6.31. The average Bonchev–Trinajstić information content (AvgIpc) is 2.89. The van der Waals surface area contributed by atoms with Crippen molar-refractivity contribution in [3.8, 4) is 0 Å². The fourth-order valence-electron chi connectivity index (χ4n) is 2.64. The minimum Gasteiger partial charge on any atom is -0.324 e. The van der Waals surface area contributed by atoms with Crippen molar-refractivity contribution in [3.05, 3.63) is 0 Å². The Morgan fingerprint density at radius 2 is 1.79 bits per heavy atom. The van der Waals surface area contributed by atoms with E-state index >= 15 is 0 Å². The fourth-order valence-corrected chi connectivity index (χ4v) is 2.64. The minimum atomic E-state index is 0.171. The van der Waals surface area contributed by atoms with Crippen LogP contribution in [0.4, 0.5) is 0 Å². The van der Waals surface area contributed by atoms with Gasteiger partial charge in [-0.3, -0.25) is 4.90 Å². The van der Waals surface area contributed by atoms with Gasteiger partial charge in [0.2, 0.25) is 0 Å². The third kappa shape index (κ3) is 1.95. The van der Waals surface area contributed by atoms with Gasteiger partial charge in [-0.1, -0.05) is 6.92 Å². The zero-order valence-electron chi connectivity index (χ0n) is 9.50. The van der Waals surface area contributed by atoms with E-state index in [1.807, 2.05) is 0 Å². The Morgan fingerprint density at radius 1 is 1.21 bits per heavy atom. The molecule has 1 aliphatic heterocycles. The molecule has 3 nitrogen and oxygen atoms in total. The van der Waals surface area contributed by atoms with E-state index in [2.05, 4.69) is 23.8 Å². The molecule has 2 fully saturated rings. The molecule has 1 unspecified atom stereocenters. The zero-order chi connectivity index (χ0) is 10.2. The van der Waals surface area contributed by atoms with Gasteiger partial charge in [0.25, 0.3) is 0 Å². The molecule has 0 amide bonds. The molecule has 1 saturated heterocycles. The molecule has 1 atom stereocenters. The topological polar surface area (TPSA) is 32.5 Å². The normalized spacial score (nSPS) is 30.2. The van der Waals surface area contributed by atoms with Crippen LogP contribution < -0.4 is 5.73 Å². The summed E-state index contributed by atoms with van der Waals surface area (Å²) < 4.78 is 0. The summed E-state index contributed by atoms with van der Waals surface area (Å²) in [5.41, 5.74) is 6.48. The molecule has 0 aromatic carbocycles. The second-order valence-corrected chi connectivity index (χ2v) is 5.00. The Labute approximate surface area is 87.2 Å². The fraction of sp³-hybridized carbons (Fsp3) is 1.00. The highest BCUT2D eigenvalue weighted by Crippen LogP contribution is 2.39. The number of hydrogen-bond acceptors (Lipinski definition) is 3. The van der Waals surface area contributed by atoms with E-state index in [1.54, 1.807) is 0 Å². The summed E-state index contributed by atoms with van der Waals surface area (Å²) in [4.78, 5) is 5.01. The number of piperazine rings is 1. The van der Waals surface area contributed by atoms with Crippen LogP contribution in [-0.2, 0) is 0 Å². The molecule has 0 spiro atoms. The summed E-state index contributed by atoms with van der Waals surface area (Å²) >= 11 is 0. The van der Waals surface area contributed by atoms with Crippen molar-refractivity contribution in [3.63, 3.8) is 0 Å². The van der Waals surface area contributed by atoms with Crippen molar-refractivity contribution in [1.29, 1.82) is 0 Å². The molecule has 2 rings (SSSR count). The largest absolute Gasteiger partial charge is 0.324 e. The molecule has 0 radical (unpaired) electrons. The first-order valence-corrected chi connectivity index (χ1v) is 5.87. The summed E-state index contributed by atoms with van der Waals surface area (Å²) in [6, 6.07) is 0.635. The van der Waals surface area contributed by atoms with Gasteiger partial charge in [0.15, 0.2) is 0 Å². The Bertz CT molecular complexity index is 193. The third-order valence-electron chi connectivity index (χ3n) is 3.86. The highest BCUT2D eigenvalue weighted by atomic mass is 15.3. The Balaban J connectivity index is 1.92. The maximum Gasteiger partial charge on any atom is 0.0313 e. The minimum absolute atomic E-state index is 0.171. The van der Waals surface area contributed by atoms with Crippen molar-refractivity contribution < 1.29 is 0 Å². The van der Waals surface area contributed by atoms with Crippen LogP contribution in [0.15, 0.2) is 0 Å². The first kappa shape index (κ1) is 10.4. The predicted molar refractivity (Wildman–Crippen MR) is 59.3 cm³/mol.